The lowest BCUT2D eigenvalue weighted by Gasteiger charge is -2.02. The number of fused-ring (bicyclic) bond motifs is 1. The maximum Gasteiger partial charge on any atom is 0.346 e. The van der Waals surface area contributed by atoms with Crippen molar-refractivity contribution < 1.29 is 15.0 Å². The Labute approximate surface area is 102 Å². The number of carboxylic acids is 1. The van der Waals surface area contributed by atoms with Gasteiger partial charge in [0.05, 0.1) is 5.52 Å². The van der Waals surface area contributed by atoms with Crippen LogP contribution >= 0.6 is 0 Å². The quantitative estimate of drug-likeness (QED) is 0.617. The number of benzene rings is 1. The molecule has 1 aromatic heterocycles. The molecule has 88 valence electrons. The zero-order valence-electron chi connectivity index (χ0n) is 9.16. The van der Waals surface area contributed by atoms with E-state index in [2.05, 4.69) is 4.98 Å². The molecule has 2 N–H and O–H groups in total. The summed E-state index contributed by atoms with van der Waals surface area (Å²) in [5, 5.41) is 27.9. The summed E-state index contributed by atoms with van der Waals surface area (Å²) in [6, 6.07) is 10.1. The van der Waals surface area contributed by atoms with E-state index >= 15 is 0 Å². The van der Waals surface area contributed by atoms with E-state index in [1.807, 2.05) is 0 Å². The molecule has 1 aromatic carbocycles. The standard InChI is InChI=1S/C13H8N2O3/c14-7-9(13(17)18)5-11-12(16)6-8-3-1-2-4-10(8)15-11/h1-6,16H,(H,17,18). The predicted octanol–water partition coefficient (Wildman–Crippen LogP) is 1.93. The second-order valence-corrected chi connectivity index (χ2v) is 3.56. The van der Waals surface area contributed by atoms with Gasteiger partial charge in [-0.1, -0.05) is 18.2 Å². The Hall–Kier alpha value is -2.87. The van der Waals surface area contributed by atoms with E-state index in [0.29, 0.717) is 5.52 Å². The predicted molar refractivity (Wildman–Crippen MR) is 64.6 cm³/mol. The van der Waals surface area contributed by atoms with Gasteiger partial charge < -0.3 is 10.2 Å². The number of nitrogens with zero attached hydrogens (tertiary/aromatic N) is 2. The fourth-order valence-electron chi connectivity index (χ4n) is 1.50. The number of aromatic hydroxyl groups is 1. The molecule has 0 spiro atoms. The third-order valence-corrected chi connectivity index (χ3v) is 2.36. The van der Waals surface area contributed by atoms with Crippen LogP contribution in [0.2, 0.25) is 0 Å². The number of rotatable bonds is 2. The van der Waals surface area contributed by atoms with Crippen molar-refractivity contribution in [2.24, 2.45) is 0 Å². The second kappa shape index (κ2) is 4.55. The molecule has 2 rings (SSSR count). The largest absolute Gasteiger partial charge is 0.506 e. The van der Waals surface area contributed by atoms with Crippen molar-refractivity contribution in [2.75, 3.05) is 0 Å². The molecule has 0 bridgehead atoms. The Morgan fingerprint density at radius 2 is 2.11 bits per heavy atom. The van der Waals surface area contributed by atoms with Crippen LogP contribution in [0.4, 0.5) is 0 Å². The zero-order chi connectivity index (χ0) is 13.1. The van der Waals surface area contributed by atoms with E-state index in [1.54, 1.807) is 24.3 Å². The maximum absolute atomic E-state index is 10.7. The Kier molecular flexibility index (Phi) is 2.94. The normalized spacial score (nSPS) is 11.2. The first-order chi connectivity index (χ1) is 8.61. The van der Waals surface area contributed by atoms with Gasteiger partial charge >= 0.3 is 5.97 Å². The molecule has 0 fully saturated rings. The highest BCUT2D eigenvalue weighted by Gasteiger charge is 2.09. The Morgan fingerprint density at radius 3 is 2.78 bits per heavy atom. The molecule has 0 aliphatic carbocycles. The van der Waals surface area contributed by atoms with Crippen LogP contribution in [0.15, 0.2) is 35.9 Å². The minimum atomic E-state index is -1.35. The Bertz CT molecular complexity index is 699. The molecule has 18 heavy (non-hydrogen) atoms. The van der Waals surface area contributed by atoms with E-state index < -0.39 is 11.5 Å². The van der Waals surface area contributed by atoms with E-state index in [0.717, 1.165) is 11.5 Å². The topological polar surface area (TPSA) is 94.2 Å². The van der Waals surface area contributed by atoms with Crippen molar-refractivity contribution in [2.45, 2.75) is 0 Å². The van der Waals surface area contributed by atoms with Crippen LogP contribution in [0, 0.1) is 11.3 Å². The lowest BCUT2D eigenvalue weighted by atomic mass is 10.1. The Morgan fingerprint density at radius 1 is 1.39 bits per heavy atom. The molecule has 0 radical (unpaired) electrons. The molecule has 0 atom stereocenters. The molecule has 0 saturated heterocycles. The summed E-state index contributed by atoms with van der Waals surface area (Å²) < 4.78 is 0. The van der Waals surface area contributed by atoms with Gasteiger partial charge in [-0.25, -0.2) is 9.78 Å². The van der Waals surface area contributed by atoms with Crippen LogP contribution in [-0.2, 0) is 4.79 Å². The third-order valence-electron chi connectivity index (χ3n) is 2.36. The van der Waals surface area contributed by atoms with Crippen molar-refractivity contribution in [3.63, 3.8) is 0 Å². The fourth-order valence-corrected chi connectivity index (χ4v) is 1.50. The molecule has 1 heterocycles. The summed E-state index contributed by atoms with van der Waals surface area (Å²) >= 11 is 0. The average Bonchev–Trinajstić information content (AvgIpc) is 2.35. The smallest absolute Gasteiger partial charge is 0.346 e. The number of hydrogen-bond donors (Lipinski definition) is 2. The molecule has 5 nitrogen and oxygen atoms in total. The molecular weight excluding hydrogens is 232 g/mol. The molecule has 0 aliphatic heterocycles. The fraction of sp³-hybridized carbons (Fsp3) is 0. The summed E-state index contributed by atoms with van der Waals surface area (Å²) in [6.45, 7) is 0. The van der Waals surface area contributed by atoms with Crippen molar-refractivity contribution in [1.82, 2.24) is 4.98 Å². The molecule has 0 aliphatic rings. The number of carboxylic acid groups (broad SMARTS) is 1. The minimum absolute atomic E-state index is 0.0626. The van der Waals surface area contributed by atoms with Crippen molar-refractivity contribution in [3.05, 3.63) is 41.6 Å². The van der Waals surface area contributed by atoms with Crippen molar-refractivity contribution >= 4 is 22.9 Å². The van der Waals surface area contributed by atoms with E-state index in [4.69, 9.17) is 10.4 Å². The highest BCUT2D eigenvalue weighted by molar-refractivity contribution is 5.97. The zero-order valence-corrected chi connectivity index (χ0v) is 9.16. The van der Waals surface area contributed by atoms with Crippen molar-refractivity contribution in [1.29, 1.82) is 5.26 Å². The van der Waals surface area contributed by atoms with E-state index in [-0.39, 0.29) is 11.4 Å². The van der Waals surface area contributed by atoms with Crippen LogP contribution < -0.4 is 0 Å². The Balaban J connectivity index is 2.62. The van der Waals surface area contributed by atoms with Gasteiger partial charge in [-0.15, -0.1) is 0 Å². The first kappa shape index (κ1) is 11.6. The average molecular weight is 240 g/mol. The van der Waals surface area contributed by atoms with E-state index in [9.17, 15) is 9.90 Å². The number of carbonyl (C=O) groups is 1. The molecule has 2 aromatic rings. The van der Waals surface area contributed by atoms with Crippen LogP contribution in [0.3, 0.4) is 0 Å². The summed E-state index contributed by atoms with van der Waals surface area (Å²) in [4.78, 5) is 14.8. The van der Waals surface area contributed by atoms with Crippen molar-refractivity contribution in [3.8, 4) is 11.8 Å². The van der Waals surface area contributed by atoms with Gasteiger partial charge in [0, 0.05) is 5.39 Å². The van der Waals surface area contributed by atoms with Crippen LogP contribution in [0.25, 0.3) is 17.0 Å². The monoisotopic (exact) mass is 240 g/mol. The second-order valence-electron chi connectivity index (χ2n) is 3.56. The number of aliphatic carboxylic acids is 1. The molecule has 0 unspecified atom stereocenters. The lowest BCUT2D eigenvalue weighted by molar-refractivity contribution is -0.132. The van der Waals surface area contributed by atoms with Gasteiger partial charge in [0.15, 0.2) is 0 Å². The maximum atomic E-state index is 10.7. The molecule has 5 heteroatoms. The highest BCUT2D eigenvalue weighted by Crippen LogP contribution is 2.23. The van der Waals surface area contributed by atoms with Gasteiger partial charge in [-0.05, 0) is 18.2 Å². The van der Waals surface area contributed by atoms with Gasteiger partial charge in [0.2, 0.25) is 0 Å². The highest BCUT2D eigenvalue weighted by atomic mass is 16.4. The van der Waals surface area contributed by atoms with Crippen LogP contribution in [-0.4, -0.2) is 21.2 Å². The minimum Gasteiger partial charge on any atom is -0.506 e. The summed E-state index contributed by atoms with van der Waals surface area (Å²) in [7, 11) is 0. The first-order valence-electron chi connectivity index (χ1n) is 5.05. The third kappa shape index (κ3) is 2.13. The number of hydrogen-bond acceptors (Lipinski definition) is 4. The number of pyridine rings is 1. The molecular formula is C13H8N2O3. The number of nitriles is 1. The number of aromatic nitrogens is 1. The lowest BCUT2D eigenvalue weighted by Crippen LogP contribution is -1.98. The van der Waals surface area contributed by atoms with Gasteiger partial charge in [0.1, 0.15) is 23.1 Å². The first-order valence-corrected chi connectivity index (χ1v) is 5.05. The summed E-state index contributed by atoms with van der Waals surface area (Å²) in [5.41, 5.74) is 0.199. The summed E-state index contributed by atoms with van der Waals surface area (Å²) in [5.74, 6) is -1.52. The van der Waals surface area contributed by atoms with Crippen LogP contribution in [0.5, 0.6) is 5.75 Å². The number of para-hydroxylation sites is 1. The SMILES string of the molecule is N#CC(=Cc1nc2ccccc2cc1O)C(=O)O. The molecule has 0 saturated carbocycles. The van der Waals surface area contributed by atoms with Gasteiger partial charge in [-0.2, -0.15) is 5.26 Å². The summed E-state index contributed by atoms with van der Waals surface area (Å²) in [6.07, 6.45) is 1.05. The molecule has 0 amide bonds. The van der Waals surface area contributed by atoms with Gasteiger partial charge in [0.25, 0.3) is 0 Å². The van der Waals surface area contributed by atoms with E-state index in [1.165, 1.54) is 12.1 Å². The van der Waals surface area contributed by atoms with Gasteiger partial charge in [-0.3, -0.25) is 0 Å². The van der Waals surface area contributed by atoms with Crippen LogP contribution in [0.1, 0.15) is 5.69 Å².